The molecule has 108 valence electrons. The van der Waals surface area contributed by atoms with Crippen LogP contribution in [0.25, 0.3) is 0 Å². The quantitative estimate of drug-likeness (QED) is 0.816. The molecule has 3 rings (SSSR count). The van der Waals surface area contributed by atoms with E-state index in [0.29, 0.717) is 6.54 Å². The van der Waals surface area contributed by atoms with Crippen LogP contribution in [0.5, 0.6) is 0 Å². The summed E-state index contributed by atoms with van der Waals surface area (Å²) in [5.41, 5.74) is 1.43. The Labute approximate surface area is 122 Å². The molecule has 1 aliphatic rings. The predicted molar refractivity (Wildman–Crippen MR) is 80.3 cm³/mol. The molecule has 0 spiro atoms. The first-order chi connectivity index (χ1) is 9.84. The molecule has 0 radical (unpaired) electrons. The van der Waals surface area contributed by atoms with E-state index < -0.39 is 0 Å². The van der Waals surface area contributed by atoms with Gasteiger partial charge in [0.25, 0.3) is 0 Å². The van der Waals surface area contributed by atoms with Crippen LogP contribution in [0.2, 0.25) is 0 Å². The fraction of sp³-hybridized carbons (Fsp3) is 0.571. The van der Waals surface area contributed by atoms with Gasteiger partial charge in [-0.05, 0) is 48.2 Å². The van der Waals surface area contributed by atoms with E-state index >= 15 is 0 Å². The number of aromatic nitrogens is 3. The second-order valence-electron chi connectivity index (χ2n) is 5.16. The summed E-state index contributed by atoms with van der Waals surface area (Å²) < 4.78 is 3.44. The summed E-state index contributed by atoms with van der Waals surface area (Å²) >= 11 is 1.73. The molecule has 20 heavy (non-hydrogen) atoms. The monoisotopic (exact) mass is 292 g/mol. The molecule has 0 fully saturated rings. The van der Waals surface area contributed by atoms with Crippen molar-refractivity contribution in [2.45, 2.75) is 38.8 Å². The largest absolute Gasteiger partial charge is 0.345 e. The lowest BCUT2D eigenvalue weighted by Gasteiger charge is -2.09. The van der Waals surface area contributed by atoms with Gasteiger partial charge in [-0.1, -0.05) is 0 Å². The molecule has 5 nitrogen and oxygen atoms in total. The van der Waals surface area contributed by atoms with Crippen LogP contribution in [0.4, 0.5) is 0 Å². The summed E-state index contributed by atoms with van der Waals surface area (Å²) in [6.07, 6.45) is 4.22. The molecular weight excluding hydrogens is 272 g/mol. The van der Waals surface area contributed by atoms with E-state index in [2.05, 4.69) is 27.2 Å². The van der Waals surface area contributed by atoms with Gasteiger partial charge in [-0.2, -0.15) is 16.4 Å². The van der Waals surface area contributed by atoms with E-state index in [1.807, 2.05) is 4.57 Å². The van der Waals surface area contributed by atoms with E-state index in [9.17, 15) is 4.79 Å². The summed E-state index contributed by atoms with van der Waals surface area (Å²) in [6, 6.07) is 2.15. The summed E-state index contributed by atoms with van der Waals surface area (Å²) in [6.45, 7) is 3.22. The zero-order valence-corrected chi connectivity index (χ0v) is 12.4. The van der Waals surface area contributed by atoms with Gasteiger partial charge in [-0.25, -0.2) is 9.48 Å². The SMILES string of the molecule is O=c1n(CCNCCc2ccsc2)nc2n1CCCC2. The average Bonchev–Trinajstić information content (AvgIpc) is 3.08. The number of aryl methyl sites for hydroxylation is 1. The van der Waals surface area contributed by atoms with Crippen LogP contribution in [0.15, 0.2) is 21.6 Å². The summed E-state index contributed by atoms with van der Waals surface area (Å²) in [5, 5.41) is 12.1. The minimum absolute atomic E-state index is 0.0549. The topological polar surface area (TPSA) is 51.9 Å². The van der Waals surface area contributed by atoms with Crippen LogP contribution in [-0.4, -0.2) is 27.4 Å². The highest BCUT2D eigenvalue weighted by Crippen LogP contribution is 2.09. The van der Waals surface area contributed by atoms with Gasteiger partial charge < -0.3 is 5.32 Å². The van der Waals surface area contributed by atoms with Crippen molar-refractivity contribution in [3.63, 3.8) is 0 Å². The number of fused-ring (bicyclic) bond motifs is 1. The minimum atomic E-state index is 0.0549. The molecule has 0 saturated heterocycles. The lowest BCUT2D eigenvalue weighted by molar-refractivity contribution is 0.508. The van der Waals surface area contributed by atoms with E-state index in [1.54, 1.807) is 16.0 Å². The van der Waals surface area contributed by atoms with E-state index in [-0.39, 0.29) is 5.69 Å². The van der Waals surface area contributed by atoms with Crippen molar-refractivity contribution in [3.8, 4) is 0 Å². The first kappa shape index (κ1) is 13.6. The molecule has 1 N–H and O–H groups in total. The zero-order chi connectivity index (χ0) is 13.8. The van der Waals surface area contributed by atoms with Gasteiger partial charge in [0, 0.05) is 19.5 Å². The predicted octanol–water partition coefficient (Wildman–Crippen LogP) is 1.27. The molecule has 2 aromatic heterocycles. The normalized spacial score (nSPS) is 14.4. The first-order valence-corrected chi connectivity index (χ1v) is 8.17. The summed E-state index contributed by atoms with van der Waals surface area (Å²) in [5.74, 6) is 0.958. The lowest BCUT2D eigenvalue weighted by atomic mass is 10.2. The van der Waals surface area contributed by atoms with Crippen LogP contribution in [0, 0.1) is 0 Å². The van der Waals surface area contributed by atoms with Crippen LogP contribution >= 0.6 is 11.3 Å². The molecule has 0 aliphatic carbocycles. The van der Waals surface area contributed by atoms with E-state index in [1.165, 1.54) is 5.56 Å². The molecule has 1 aliphatic heterocycles. The second-order valence-corrected chi connectivity index (χ2v) is 5.94. The van der Waals surface area contributed by atoms with Gasteiger partial charge in [0.2, 0.25) is 0 Å². The van der Waals surface area contributed by atoms with E-state index in [0.717, 1.165) is 51.1 Å². The molecule has 0 unspecified atom stereocenters. The van der Waals surface area contributed by atoms with Crippen molar-refractivity contribution in [1.29, 1.82) is 0 Å². The van der Waals surface area contributed by atoms with Crippen molar-refractivity contribution >= 4 is 11.3 Å². The molecule has 2 aromatic rings. The maximum Gasteiger partial charge on any atom is 0.345 e. The van der Waals surface area contributed by atoms with Crippen molar-refractivity contribution in [2.75, 3.05) is 13.1 Å². The fourth-order valence-electron chi connectivity index (χ4n) is 2.57. The molecule has 3 heterocycles. The van der Waals surface area contributed by atoms with Crippen LogP contribution < -0.4 is 11.0 Å². The highest BCUT2D eigenvalue weighted by Gasteiger charge is 2.15. The van der Waals surface area contributed by atoms with Gasteiger partial charge in [0.05, 0.1) is 6.54 Å². The van der Waals surface area contributed by atoms with Crippen LogP contribution in [0.3, 0.4) is 0 Å². The number of nitrogens with one attached hydrogen (secondary N) is 1. The Morgan fingerprint density at radius 2 is 2.30 bits per heavy atom. The number of hydrogen-bond acceptors (Lipinski definition) is 4. The van der Waals surface area contributed by atoms with Gasteiger partial charge >= 0.3 is 5.69 Å². The number of hydrogen-bond donors (Lipinski definition) is 1. The van der Waals surface area contributed by atoms with Crippen LogP contribution in [0.1, 0.15) is 24.2 Å². The Bertz CT molecular complexity index is 599. The van der Waals surface area contributed by atoms with E-state index in [4.69, 9.17) is 0 Å². The summed E-state index contributed by atoms with van der Waals surface area (Å²) in [7, 11) is 0. The molecule has 0 amide bonds. The zero-order valence-electron chi connectivity index (χ0n) is 11.5. The third kappa shape index (κ3) is 3.02. The van der Waals surface area contributed by atoms with Gasteiger partial charge in [-0.3, -0.25) is 4.57 Å². The van der Waals surface area contributed by atoms with Gasteiger partial charge in [0.1, 0.15) is 5.82 Å². The third-order valence-electron chi connectivity index (χ3n) is 3.70. The highest BCUT2D eigenvalue weighted by atomic mass is 32.1. The maximum atomic E-state index is 12.1. The molecule has 0 saturated carbocycles. The van der Waals surface area contributed by atoms with Crippen LogP contribution in [-0.2, 0) is 25.9 Å². The van der Waals surface area contributed by atoms with Gasteiger partial charge in [0.15, 0.2) is 0 Å². The number of rotatable bonds is 6. The van der Waals surface area contributed by atoms with Gasteiger partial charge in [-0.15, -0.1) is 0 Å². The third-order valence-corrected chi connectivity index (χ3v) is 4.43. The summed E-state index contributed by atoms with van der Waals surface area (Å²) in [4.78, 5) is 12.1. The second kappa shape index (κ2) is 6.37. The Kier molecular flexibility index (Phi) is 4.32. The van der Waals surface area contributed by atoms with Crippen molar-refractivity contribution in [3.05, 3.63) is 38.7 Å². The molecule has 0 bridgehead atoms. The van der Waals surface area contributed by atoms with Crippen molar-refractivity contribution in [2.24, 2.45) is 0 Å². The minimum Gasteiger partial charge on any atom is -0.315 e. The van der Waals surface area contributed by atoms with Crippen molar-refractivity contribution in [1.82, 2.24) is 19.7 Å². The Morgan fingerprint density at radius 3 is 3.10 bits per heavy atom. The standard InChI is InChI=1S/C14H20N4OS/c19-14-17-8-2-1-3-13(17)16-18(14)9-7-15-6-4-12-5-10-20-11-12/h5,10-11,15H,1-4,6-9H2. The fourth-order valence-corrected chi connectivity index (χ4v) is 3.27. The average molecular weight is 292 g/mol. The highest BCUT2D eigenvalue weighted by molar-refractivity contribution is 7.07. The van der Waals surface area contributed by atoms with Crippen molar-refractivity contribution < 1.29 is 0 Å². The maximum absolute atomic E-state index is 12.1. The lowest BCUT2D eigenvalue weighted by Crippen LogP contribution is -2.30. The Morgan fingerprint density at radius 1 is 1.35 bits per heavy atom. The Balaban J connectivity index is 1.47. The first-order valence-electron chi connectivity index (χ1n) is 7.23. The molecule has 6 heteroatoms. The smallest absolute Gasteiger partial charge is 0.315 e. The number of nitrogens with zero attached hydrogens (tertiary/aromatic N) is 3. The molecular formula is C14H20N4OS. The molecule has 0 aromatic carbocycles. The molecule has 0 atom stereocenters. The Hall–Kier alpha value is -1.40. The number of thiophene rings is 1.